The second kappa shape index (κ2) is 9.04. The van der Waals surface area contributed by atoms with Crippen molar-refractivity contribution in [2.75, 3.05) is 32.8 Å². The number of benzene rings is 1. The van der Waals surface area contributed by atoms with Gasteiger partial charge in [0.1, 0.15) is 4.88 Å². The third-order valence-corrected chi connectivity index (χ3v) is 5.66. The van der Waals surface area contributed by atoms with E-state index in [1.165, 1.54) is 24.2 Å². The van der Waals surface area contributed by atoms with Crippen LogP contribution in [0.25, 0.3) is 10.1 Å². The number of hydrogen-bond donors (Lipinski definition) is 1. The minimum absolute atomic E-state index is 0. The van der Waals surface area contributed by atoms with Crippen molar-refractivity contribution in [2.45, 2.75) is 19.8 Å². The minimum atomic E-state index is -0.0371. The first-order valence-corrected chi connectivity index (χ1v) is 9.65. The Morgan fingerprint density at radius 2 is 2.12 bits per heavy atom. The number of nitrogens with zero attached hydrogens (tertiary/aromatic N) is 1. The van der Waals surface area contributed by atoms with E-state index in [1.54, 1.807) is 0 Å². The molecule has 0 atom stereocenters. The van der Waals surface area contributed by atoms with Gasteiger partial charge in [-0.15, -0.1) is 23.7 Å². The first kappa shape index (κ1) is 19.5. The highest BCUT2D eigenvalue weighted by Crippen LogP contribution is 2.39. The summed E-state index contributed by atoms with van der Waals surface area (Å²) in [6.45, 7) is 6.39. The van der Waals surface area contributed by atoms with Crippen LogP contribution in [0.4, 0.5) is 0 Å². The molecule has 1 fully saturated rings. The molecule has 0 spiro atoms. The standard InChI is InChI=1S/C17H21BrN2O2S.ClH/c1-2-22-15-13-11-12(18)5-6-14(13)23-16(15)17(21)19-7-10-20-8-3-4-9-20;/h5-6,11H,2-4,7-10H2,1H3,(H,19,21);1H. The third kappa shape index (κ3) is 4.42. The van der Waals surface area contributed by atoms with E-state index in [4.69, 9.17) is 4.74 Å². The average Bonchev–Trinajstić information content (AvgIpc) is 3.16. The first-order chi connectivity index (χ1) is 11.2. The second-order valence-electron chi connectivity index (χ2n) is 5.64. The van der Waals surface area contributed by atoms with Crippen molar-refractivity contribution in [1.29, 1.82) is 0 Å². The van der Waals surface area contributed by atoms with Crippen molar-refractivity contribution in [3.05, 3.63) is 27.5 Å². The predicted octanol–water partition coefficient (Wildman–Crippen LogP) is 4.31. The Bertz CT molecular complexity index is 701. The second-order valence-corrected chi connectivity index (χ2v) is 7.61. The van der Waals surface area contributed by atoms with Crippen molar-refractivity contribution in [2.24, 2.45) is 0 Å². The summed E-state index contributed by atoms with van der Waals surface area (Å²) in [6.07, 6.45) is 2.54. The zero-order valence-electron chi connectivity index (χ0n) is 13.6. The Morgan fingerprint density at radius 1 is 1.38 bits per heavy atom. The van der Waals surface area contributed by atoms with Crippen molar-refractivity contribution in [3.8, 4) is 5.75 Å². The van der Waals surface area contributed by atoms with Crippen LogP contribution < -0.4 is 10.1 Å². The number of fused-ring (bicyclic) bond motifs is 1. The molecule has 1 amide bonds. The smallest absolute Gasteiger partial charge is 0.265 e. The SMILES string of the molecule is CCOc1c(C(=O)NCCN2CCCC2)sc2ccc(Br)cc12.Cl. The van der Waals surface area contributed by atoms with E-state index in [2.05, 4.69) is 26.1 Å². The number of carbonyl (C=O) groups excluding carboxylic acids is 1. The van der Waals surface area contributed by atoms with Crippen molar-refractivity contribution < 1.29 is 9.53 Å². The maximum absolute atomic E-state index is 12.6. The van der Waals surface area contributed by atoms with Gasteiger partial charge in [-0.05, 0) is 51.1 Å². The fraction of sp³-hybridized carbons (Fsp3) is 0.471. The molecule has 3 rings (SSSR count). The highest BCUT2D eigenvalue weighted by molar-refractivity contribution is 9.10. The minimum Gasteiger partial charge on any atom is -0.491 e. The monoisotopic (exact) mass is 432 g/mol. The van der Waals surface area contributed by atoms with Gasteiger partial charge in [0, 0.05) is 27.6 Å². The lowest BCUT2D eigenvalue weighted by atomic mass is 10.2. The Balaban J connectivity index is 0.00000208. The number of hydrogen-bond acceptors (Lipinski definition) is 4. The van der Waals surface area contributed by atoms with Crippen LogP contribution in [-0.4, -0.2) is 43.6 Å². The summed E-state index contributed by atoms with van der Waals surface area (Å²) < 4.78 is 7.83. The summed E-state index contributed by atoms with van der Waals surface area (Å²) in [7, 11) is 0. The van der Waals surface area contributed by atoms with E-state index >= 15 is 0 Å². The van der Waals surface area contributed by atoms with Gasteiger partial charge in [0.2, 0.25) is 0 Å². The molecule has 0 aliphatic carbocycles. The summed E-state index contributed by atoms with van der Waals surface area (Å²) >= 11 is 4.98. The van der Waals surface area contributed by atoms with Gasteiger partial charge >= 0.3 is 0 Å². The Kier molecular flexibility index (Phi) is 7.34. The normalized spacial score (nSPS) is 14.6. The first-order valence-electron chi connectivity index (χ1n) is 8.04. The van der Waals surface area contributed by atoms with E-state index < -0.39 is 0 Å². The van der Waals surface area contributed by atoms with E-state index in [0.29, 0.717) is 23.8 Å². The van der Waals surface area contributed by atoms with Gasteiger partial charge in [0.15, 0.2) is 5.75 Å². The molecule has 0 unspecified atom stereocenters. The van der Waals surface area contributed by atoms with Crippen LogP contribution in [0.3, 0.4) is 0 Å². The number of ether oxygens (including phenoxy) is 1. The molecule has 0 radical (unpaired) electrons. The van der Waals surface area contributed by atoms with E-state index in [9.17, 15) is 4.79 Å². The maximum atomic E-state index is 12.6. The molecule has 132 valence electrons. The molecule has 0 bridgehead atoms. The largest absolute Gasteiger partial charge is 0.491 e. The molecule has 1 N–H and O–H groups in total. The van der Waals surface area contributed by atoms with E-state index in [-0.39, 0.29) is 18.3 Å². The summed E-state index contributed by atoms with van der Waals surface area (Å²) in [5, 5.41) is 4.03. The zero-order chi connectivity index (χ0) is 16.2. The molecule has 7 heteroatoms. The molecule has 1 aromatic carbocycles. The maximum Gasteiger partial charge on any atom is 0.265 e. The van der Waals surface area contributed by atoms with Crippen molar-refractivity contribution in [1.82, 2.24) is 10.2 Å². The number of thiophene rings is 1. The highest BCUT2D eigenvalue weighted by atomic mass is 79.9. The fourth-order valence-electron chi connectivity index (χ4n) is 2.90. The topological polar surface area (TPSA) is 41.6 Å². The average molecular weight is 434 g/mol. The number of nitrogens with one attached hydrogen (secondary N) is 1. The predicted molar refractivity (Wildman–Crippen MR) is 106 cm³/mol. The Morgan fingerprint density at radius 3 is 2.83 bits per heavy atom. The van der Waals surface area contributed by atoms with Crippen molar-refractivity contribution in [3.63, 3.8) is 0 Å². The molecular formula is C17H22BrClN2O2S. The van der Waals surface area contributed by atoms with Gasteiger partial charge in [-0.2, -0.15) is 0 Å². The summed E-state index contributed by atoms with van der Waals surface area (Å²) in [6, 6.07) is 6.02. The van der Waals surface area contributed by atoms with Crippen LogP contribution >= 0.6 is 39.7 Å². The number of amides is 1. The highest BCUT2D eigenvalue weighted by Gasteiger charge is 2.20. The van der Waals surface area contributed by atoms with Gasteiger partial charge in [-0.3, -0.25) is 4.79 Å². The van der Waals surface area contributed by atoms with Crippen LogP contribution in [-0.2, 0) is 0 Å². The molecule has 2 heterocycles. The number of carbonyl (C=O) groups is 1. The molecule has 1 aromatic heterocycles. The van der Waals surface area contributed by atoms with E-state index in [1.807, 2.05) is 25.1 Å². The Hall–Kier alpha value is -0.820. The van der Waals surface area contributed by atoms with Gasteiger partial charge < -0.3 is 15.0 Å². The molecule has 0 saturated carbocycles. The van der Waals surface area contributed by atoms with Crippen LogP contribution in [0.2, 0.25) is 0 Å². The quantitative estimate of drug-likeness (QED) is 0.738. The third-order valence-electron chi connectivity index (χ3n) is 4.01. The van der Waals surface area contributed by atoms with Gasteiger partial charge in [-0.25, -0.2) is 0 Å². The summed E-state index contributed by atoms with van der Waals surface area (Å²) in [4.78, 5) is 15.6. The van der Waals surface area contributed by atoms with Crippen LogP contribution in [0, 0.1) is 0 Å². The van der Waals surface area contributed by atoms with Crippen LogP contribution in [0.5, 0.6) is 5.75 Å². The number of likely N-dealkylation sites (tertiary alicyclic amines) is 1. The summed E-state index contributed by atoms with van der Waals surface area (Å²) in [5.41, 5.74) is 0. The van der Waals surface area contributed by atoms with E-state index in [0.717, 1.165) is 34.2 Å². The summed E-state index contributed by atoms with van der Waals surface area (Å²) in [5.74, 6) is 0.664. The lowest BCUT2D eigenvalue weighted by Crippen LogP contribution is -2.33. The van der Waals surface area contributed by atoms with Crippen LogP contribution in [0.15, 0.2) is 22.7 Å². The number of rotatable bonds is 6. The molecule has 1 saturated heterocycles. The Labute approximate surface area is 161 Å². The molecule has 2 aromatic rings. The van der Waals surface area contributed by atoms with Gasteiger partial charge in [-0.1, -0.05) is 15.9 Å². The molecule has 1 aliphatic rings. The lowest BCUT2D eigenvalue weighted by Gasteiger charge is -2.14. The van der Waals surface area contributed by atoms with Crippen LogP contribution in [0.1, 0.15) is 29.4 Å². The molecule has 24 heavy (non-hydrogen) atoms. The zero-order valence-corrected chi connectivity index (χ0v) is 16.9. The molecular weight excluding hydrogens is 412 g/mol. The van der Waals surface area contributed by atoms with Crippen molar-refractivity contribution >= 4 is 55.7 Å². The molecule has 4 nitrogen and oxygen atoms in total. The van der Waals surface area contributed by atoms with Gasteiger partial charge in [0.25, 0.3) is 5.91 Å². The lowest BCUT2D eigenvalue weighted by molar-refractivity contribution is 0.0950. The fourth-order valence-corrected chi connectivity index (χ4v) is 4.30. The molecule has 1 aliphatic heterocycles. The number of halogens is 2. The van der Waals surface area contributed by atoms with Gasteiger partial charge in [0.05, 0.1) is 6.61 Å².